The summed E-state index contributed by atoms with van der Waals surface area (Å²) in [5.41, 5.74) is 0.711. The van der Waals surface area contributed by atoms with Crippen molar-refractivity contribution < 1.29 is 9.50 Å². The van der Waals surface area contributed by atoms with Crippen molar-refractivity contribution in [3.05, 3.63) is 35.6 Å². The molecule has 1 aromatic rings. The van der Waals surface area contributed by atoms with Gasteiger partial charge in [-0.15, -0.1) is 0 Å². The first kappa shape index (κ1) is 12.5. The second kappa shape index (κ2) is 4.75. The van der Waals surface area contributed by atoms with Crippen molar-refractivity contribution in [3.8, 4) is 0 Å². The van der Waals surface area contributed by atoms with E-state index in [0.29, 0.717) is 6.54 Å². The minimum absolute atomic E-state index is 0.0923. The zero-order chi connectivity index (χ0) is 12.5. The fourth-order valence-corrected chi connectivity index (χ4v) is 2.96. The molecule has 1 aromatic carbocycles. The highest BCUT2D eigenvalue weighted by Gasteiger charge is 2.42. The molecule has 1 unspecified atom stereocenters. The predicted molar refractivity (Wildman–Crippen MR) is 66.5 cm³/mol. The Balaban J connectivity index is 2.27. The van der Waals surface area contributed by atoms with Gasteiger partial charge in [-0.1, -0.05) is 18.2 Å². The van der Waals surface area contributed by atoms with Gasteiger partial charge < -0.3 is 5.11 Å². The number of β-amino-alcohol motifs (C(OH)–C–C–N with tert-alkyl or cyclic N) is 1. The zero-order valence-electron chi connectivity index (χ0n) is 10.5. The summed E-state index contributed by atoms with van der Waals surface area (Å²) in [5.74, 6) is 0.0895. The number of rotatable bonds is 3. The summed E-state index contributed by atoms with van der Waals surface area (Å²) in [7, 11) is 0. The average Bonchev–Trinajstić information content (AvgIpc) is 2.57. The molecular weight excluding hydrogens is 217 g/mol. The van der Waals surface area contributed by atoms with Crippen LogP contribution in [0, 0.1) is 5.82 Å². The number of benzene rings is 1. The van der Waals surface area contributed by atoms with Crippen LogP contribution in [0.4, 0.5) is 4.39 Å². The molecule has 0 radical (unpaired) electrons. The number of hydrogen-bond acceptors (Lipinski definition) is 2. The molecular formula is C14H20FNO. The molecule has 1 saturated heterocycles. The number of halogens is 1. The number of aliphatic hydroxyl groups excluding tert-OH is 1. The molecule has 0 saturated carbocycles. The van der Waals surface area contributed by atoms with Crippen molar-refractivity contribution in [2.24, 2.45) is 0 Å². The van der Waals surface area contributed by atoms with Crippen LogP contribution in [-0.4, -0.2) is 35.2 Å². The topological polar surface area (TPSA) is 23.5 Å². The van der Waals surface area contributed by atoms with Crippen LogP contribution in [0.2, 0.25) is 0 Å². The first-order valence-electron chi connectivity index (χ1n) is 6.17. The Morgan fingerprint density at radius 2 is 2.12 bits per heavy atom. The highest BCUT2D eigenvalue weighted by atomic mass is 19.1. The normalized spacial score (nSPS) is 24.1. The van der Waals surface area contributed by atoms with Crippen LogP contribution in [0.3, 0.4) is 0 Å². The van der Waals surface area contributed by atoms with Crippen LogP contribution in [0.5, 0.6) is 0 Å². The molecule has 2 nitrogen and oxygen atoms in total. The number of hydrogen-bond donors (Lipinski definition) is 1. The Kier molecular flexibility index (Phi) is 3.50. The molecule has 0 amide bonds. The van der Waals surface area contributed by atoms with Gasteiger partial charge in [-0.25, -0.2) is 4.39 Å². The van der Waals surface area contributed by atoms with Crippen LogP contribution in [0.25, 0.3) is 0 Å². The first-order valence-corrected chi connectivity index (χ1v) is 6.17. The molecule has 1 fully saturated rings. The molecule has 0 spiro atoms. The maximum Gasteiger partial charge on any atom is 0.126 e. The highest BCUT2D eigenvalue weighted by Crippen LogP contribution is 2.42. The number of likely N-dealkylation sites (tertiary alicyclic amines) is 1. The van der Waals surface area contributed by atoms with Gasteiger partial charge in [0.1, 0.15) is 5.82 Å². The molecule has 0 aromatic heterocycles. The second-order valence-corrected chi connectivity index (χ2v) is 5.23. The Hall–Kier alpha value is -0.930. The van der Waals surface area contributed by atoms with Gasteiger partial charge in [-0.3, -0.25) is 4.90 Å². The van der Waals surface area contributed by atoms with Crippen LogP contribution in [0.15, 0.2) is 24.3 Å². The van der Waals surface area contributed by atoms with E-state index >= 15 is 0 Å². The van der Waals surface area contributed by atoms with Crippen molar-refractivity contribution >= 4 is 0 Å². The first-order chi connectivity index (χ1) is 8.07. The molecule has 1 heterocycles. The van der Waals surface area contributed by atoms with Gasteiger partial charge in [0.25, 0.3) is 0 Å². The number of aliphatic hydroxyl groups is 1. The molecule has 0 bridgehead atoms. The predicted octanol–water partition coefficient (Wildman–Crippen LogP) is 2.39. The maximum absolute atomic E-state index is 13.8. The third-order valence-corrected chi connectivity index (χ3v) is 4.01. The standard InChI is InChI=1S/C14H20FNO/c1-14(2)12(7-8-16(14)9-10-17)11-5-3-4-6-13(11)15/h3-6,12,17H,7-10H2,1-2H3. The Morgan fingerprint density at radius 3 is 2.76 bits per heavy atom. The largest absolute Gasteiger partial charge is 0.395 e. The lowest BCUT2D eigenvalue weighted by molar-refractivity contribution is 0.126. The summed E-state index contributed by atoms with van der Waals surface area (Å²) in [6.07, 6.45) is 0.952. The molecule has 3 heteroatoms. The van der Waals surface area contributed by atoms with Crippen molar-refractivity contribution in [1.82, 2.24) is 4.90 Å². The lowest BCUT2D eigenvalue weighted by atomic mass is 9.82. The molecule has 1 aliphatic rings. The Morgan fingerprint density at radius 1 is 1.41 bits per heavy atom. The molecule has 1 atom stereocenters. The van der Waals surface area contributed by atoms with Crippen LogP contribution in [0.1, 0.15) is 31.7 Å². The van der Waals surface area contributed by atoms with E-state index in [0.717, 1.165) is 18.5 Å². The third-order valence-electron chi connectivity index (χ3n) is 4.01. The molecule has 17 heavy (non-hydrogen) atoms. The van der Waals surface area contributed by atoms with Crippen LogP contribution < -0.4 is 0 Å². The van der Waals surface area contributed by atoms with Crippen LogP contribution in [-0.2, 0) is 0 Å². The summed E-state index contributed by atoms with van der Waals surface area (Å²) in [6, 6.07) is 7.03. The van der Waals surface area contributed by atoms with E-state index in [9.17, 15) is 4.39 Å². The van der Waals surface area contributed by atoms with Gasteiger partial charge in [0, 0.05) is 18.0 Å². The quantitative estimate of drug-likeness (QED) is 0.872. The highest BCUT2D eigenvalue weighted by molar-refractivity contribution is 5.27. The Labute approximate surface area is 102 Å². The summed E-state index contributed by atoms with van der Waals surface area (Å²) >= 11 is 0. The van der Waals surface area contributed by atoms with Gasteiger partial charge in [-0.2, -0.15) is 0 Å². The Bertz CT molecular complexity index is 392. The van der Waals surface area contributed by atoms with E-state index in [1.54, 1.807) is 6.07 Å². The van der Waals surface area contributed by atoms with Gasteiger partial charge >= 0.3 is 0 Å². The van der Waals surface area contributed by atoms with Gasteiger partial charge in [-0.05, 0) is 38.4 Å². The summed E-state index contributed by atoms with van der Waals surface area (Å²) in [6.45, 7) is 6.01. The third kappa shape index (κ3) is 2.22. The zero-order valence-corrected chi connectivity index (χ0v) is 10.5. The van der Waals surface area contributed by atoms with Gasteiger partial charge in [0.15, 0.2) is 0 Å². The fraction of sp³-hybridized carbons (Fsp3) is 0.571. The molecule has 1 aliphatic heterocycles. The van der Waals surface area contributed by atoms with E-state index in [4.69, 9.17) is 5.11 Å². The summed E-state index contributed by atoms with van der Waals surface area (Å²) in [4.78, 5) is 2.24. The van der Waals surface area contributed by atoms with Crippen molar-refractivity contribution in [2.45, 2.75) is 31.7 Å². The van der Waals surface area contributed by atoms with E-state index in [2.05, 4.69) is 18.7 Å². The molecule has 0 aliphatic carbocycles. The van der Waals surface area contributed by atoms with Crippen molar-refractivity contribution in [3.63, 3.8) is 0 Å². The SMILES string of the molecule is CC1(C)C(c2ccccc2F)CCN1CCO. The summed E-state index contributed by atoms with van der Waals surface area (Å²) in [5, 5.41) is 9.05. The lowest BCUT2D eigenvalue weighted by Gasteiger charge is -2.36. The van der Waals surface area contributed by atoms with E-state index in [1.165, 1.54) is 6.07 Å². The number of nitrogens with zero attached hydrogens (tertiary/aromatic N) is 1. The molecule has 94 valence electrons. The van der Waals surface area contributed by atoms with Crippen molar-refractivity contribution in [1.29, 1.82) is 0 Å². The fourth-order valence-electron chi connectivity index (χ4n) is 2.96. The average molecular weight is 237 g/mol. The lowest BCUT2D eigenvalue weighted by Crippen LogP contribution is -2.43. The maximum atomic E-state index is 13.8. The van der Waals surface area contributed by atoms with Gasteiger partial charge in [0.2, 0.25) is 0 Å². The van der Waals surface area contributed by atoms with E-state index in [1.807, 2.05) is 12.1 Å². The minimum Gasteiger partial charge on any atom is -0.395 e. The summed E-state index contributed by atoms with van der Waals surface area (Å²) < 4.78 is 13.8. The van der Waals surface area contributed by atoms with Gasteiger partial charge in [0.05, 0.1) is 6.61 Å². The van der Waals surface area contributed by atoms with E-state index in [-0.39, 0.29) is 23.9 Å². The second-order valence-electron chi connectivity index (χ2n) is 5.23. The van der Waals surface area contributed by atoms with Crippen LogP contribution >= 0.6 is 0 Å². The molecule has 1 N–H and O–H groups in total. The monoisotopic (exact) mass is 237 g/mol. The smallest absolute Gasteiger partial charge is 0.126 e. The molecule has 2 rings (SSSR count). The minimum atomic E-state index is -0.114. The van der Waals surface area contributed by atoms with Crippen molar-refractivity contribution in [2.75, 3.05) is 19.7 Å². The van der Waals surface area contributed by atoms with E-state index < -0.39 is 0 Å².